The molecule has 2 rings (SSSR count). The van der Waals surface area contributed by atoms with E-state index in [0.717, 1.165) is 17.3 Å². The maximum atomic E-state index is 12.6. The highest BCUT2D eigenvalue weighted by Crippen LogP contribution is 2.28. The van der Waals surface area contributed by atoms with Crippen molar-refractivity contribution >= 4 is 0 Å². The van der Waals surface area contributed by atoms with Gasteiger partial charge in [0.25, 0.3) is 0 Å². The lowest BCUT2D eigenvalue weighted by molar-refractivity contribution is -0.141. The highest BCUT2D eigenvalue weighted by atomic mass is 19.4. The predicted octanol–water partition coefficient (Wildman–Crippen LogP) is 1.43. The van der Waals surface area contributed by atoms with E-state index in [0.29, 0.717) is 18.8 Å². The van der Waals surface area contributed by atoms with Crippen molar-refractivity contribution < 1.29 is 13.2 Å². The molecule has 5 nitrogen and oxygen atoms in total. The van der Waals surface area contributed by atoms with Crippen LogP contribution in [0, 0.1) is 6.92 Å². The van der Waals surface area contributed by atoms with Gasteiger partial charge in [-0.15, -0.1) is 0 Å². The minimum absolute atomic E-state index is 0.396. The van der Waals surface area contributed by atoms with Gasteiger partial charge in [-0.25, -0.2) is 4.68 Å². The van der Waals surface area contributed by atoms with E-state index in [1.54, 1.807) is 14.0 Å². The van der Waals surface area contributed by atoms with Crippen LogP contribution >= 0.6 is 0 Å². The van der Waals surface area contributed by atoms with Gasteiger partial charge >= 0.3 is 6.18 Å². The van der Waals surface area contributed by atoms with Gasteiger partial charge < -0.3 is 5.73 Å². The molecule has 2 aromatic rings. The van der Waals surface area contributed by atoms with Gasteiger partial charge in [0.15, 0.2) is 11.5 Å². The number of aryl methyl sites for hydroxylation is 2. The molecule has 2 N–H and O–H groups in total. The van der Waals surface area contributed by atoms with Gasteiger partial charge in [0.1, 0.15) is 0 Å². The minimum atomic E-state index is -4.45. The molecule has 0 saturated carbocycles. The average molecular weight is 273 g/mol. The second-order valence-corrected chi connectivity index (χ2v) is 4.19. The molecule has 2 heterocycles. The molecule has 0 atom stereocenters. The largest absolute Gasteiger partial charge is 0.435 e. The van der Waals surface area contributed by atoms with Crippen molar-refractivity contribution in [1.29, 1.82) is 0 Å². The summed E-state index contributed by atoms with van der Waals surface area (Å²) in [4.78, 5) is 0. The number of hydrogen-bond acceptors (Lipinski definition) is 3. The summed E-state index contributed by atoms with van der Waals surface area (Å²) in [6.45, 7) is 2.19. The second-order valence-electron chi connectivity index (χ2n) is 4.19. The lowest BCUT2D eigenvalue weighted by atomic mass is 10.2. The Hall–Kier alpha value is -1.83. The smallest absolute Gasteiger partial charge is 0.330 e. The van der Waals surface area contributed by atoms with E-state index < -0.39 is 11.9 Å². The average Bonchev–Trinajstić information content (AvgIpc) is 2.85. The van der Waals surface area contributed by atoms with Crippen molar-refractivity contribution in [2.75, 3.05) is 6.54 Å². The Morgan fingerprint density at radius 1 is 1.32 bits per heavy atom. The summed E-state index contributed by atoms with van der Waals surface area (Å²) < 4.78 is 40.4. The fourth-order valence-corrected chi connectivity index (χ4v) is 2.01. The first kappa shape index (κ1) is 13.6. The van der Waals surface area contributed by atoms with Crippen LogP contribution in [0.2, 0.25) is 0 Å². The molecule has 0 radical (unpaired) electrons. The molecule has 0 bridgehead atoms. The van der Waals surface area contributed by atoms with Crippen molar-refractivity contribution in [3.05, 3.63) is 29.2 Å². The van der Waals surface area contributed by atoms with Gasteiger partial charge in [-0.05, 0) is 26.0 Å². The molecular weight excluding hydrogens is 259 g/mol. The van der Waals surface area contributed by atoms with Gasteiger partial charge in [-0.2, -0.15) is 23.4 Å². The molecule has 8 heteroatoms. The first-order valence-electron chi connectivity index (χ1n) is 5.70. The molecule has 0 aliphatic heterocycles. The Morgan fingerprint density at radius 3 is 2.53 bits per heavy atom. The van der Waals surface area contributed by atoms with E-state index in [1.165, 1.54) is 15.6 Å². The van der Waals surface area contributed by atoms with Crippen molar-refractivity contribution in [3.8, 4) is 5.82 Å². The number of halogens is 3. The van der Waals surface area contributed by atoms with E-state index in [-0.39, 0.29) is 0 Å². The Kier molecular flexibility index (Phi) is 3.36. The molecule has 0 unspecified atom stereocenters. The molecule has 0 fully saturated rings. The Labute approximate surface area is 107 Å². The molecule has 104 valence electrons. The third-order valence-corrected chi connectivity index (χ3v) is 2.80. The molecule has 2 aromatic heterocycles. The van der Waals surface area contributed by atoms with E-state index in [1.807, 2.05) is 0 Å². The Morgan fingerprint density at radius 2 is 2.00 bits per heavy atom. The van der Waals surface area contributed by atoms with Gasteiger partial charge in [-0.3, -0.25) is 4.68 Å². The van der Waals surface area contributed by atoms with Crippen molar-refractivity contribution in [2.24, 2.45) is 12.8 Å². The number of nitrogens with zero attached hydrogens (tertiary/aromatic N) is 4. The van der Waals surface area contributed by atoms with Crippen LogP contribution in [0.25, 0.3) is 5.82 Å². The first-order chi connectivity index (χ1) is 8.84. The maximum absolute atomic E-state index is 12.6. The Balaban J connectivity index is 2.50. The lowest BCUT2D eigenvalue weighted by Crippen LogP contribution is -2.11. The number of aromatic nitrogens is 4. The quantitative estimate of drug-likeness (QED) is 0.920. The second kappa shape index (κ2) is 4.69. The van der Waals surface area contributed by atoms with Gasteiger partial charge in [0, 0.05) is 18.8 Å². The molecule has 19 heavy (non-hydrogen) atoms. The molecule has 0 spiro atoms. The summed E-state index contributed by atoms with van der Waals surface area (Å²) in [5.74, 6) is 0.512. The fourth-order valence-electron chi connectivity index (χ4n) is 2.01. The van der Waals surface area contributed by atoms with E-state index in [2.05, 4.69) is 10.2 Å². The number of hydrogen-bond donors (Lipinski definition) is 1. The third kappa shape index (κ3) is 2.48. The molecule has 0 saturated heterocycles. The zero-order chi connectivity index (χ0) is 14.2. The first-order valence-corrected chi connectivity index (χ1v) is 5.70. The normalized spacial score (nSPS) is 12.1. The Bertz CT molecular complexity index is 582. The standard InChI is InChI=1S/C11H14F3N5/c1-7-8(3-5-15)10(18(2)16-7)19-6-4-9(17-19)11(12,13)14/h4,6H,3,5,15H2,1-2H3. The summed E-state index contributed by atoms with van der Waals surface area (Å²) in [6, 6.07) is 0.939. The van der Waals surface area contributed by atoms with Crippen molar-refractivity contribution in [2.45, 2.75) is 19.5 Å². The highest BCUT2D eigenvalue weighted by Gasteiger charge is 2.34. The molecule has 0 aromatic carbocycles. The van der Waals surface area contributed by atoms with E-state index in [9.17, 15) is 13.2 Å². The number of nitrogens with two attached hydrogens (primary N) is 1. The van der Waals surface area contributed by atoms with E-state index >= 15 is 0 Å². The van der Waals surface area contributed by atoms with Crippen molar-refractivity contribution in [1.82, 2.24) is 19.6 Å². The summed E-state index contributed by atoms with van der Waals surface area (Å²) in [7, 11) is 1.66. The van der Waals surface area contributed by atoms with Crippen molar-refractivity contribution in [3.63, 3.8) is 0 Å². The van der Waals surface area contributed by atoms with Crippen LogP contribution in [0.3, 0.4) is 0 Å². The molecule has 0 aliphatic rings. The number of rotatable bonds is 3. The lowest BCUT2D eigenvalue weighted by Gasteiger charge is -2.06. The van der Waals surface area contributed by atoms with Crippen LogP contribution < -0.4 is 5.73 Å². The van der Waals surface area contributed by atoms with Gasteiger partial charge in [0.2, 0.25) is 0 Å². The highest BCUT2D eigenvalue weighted by molar-refractivity contribution is 5.38. The summed E-state index contributed by atoms with van der Waals surface area (Å²) >= 11 is 0. The van der Waals surface area contributed by atoms with Crippen LogP contribution in [0.4, 0.5) is 13.2 Å². The van der Waals surface area contributed by atoms with Gasteiger partial charge in [-0.1, -0.05) is 0 Å². The topological polar surface area (TPSA) is 61.7 Å². The summed E-state index contributed by atoms with van der Waals surface area (Å²) in [6.07, 6.45) is -2.64. The van der Waals surface area contributed by atoms with Gasteiger partial charge in [0.05, 0.1) is 5.69 Å². The molecular formula is C11H14F3N5. The zero-order valence-electron chi connectivity index (χ0n) is 10.6. The predicted molar refractivity (Wildman–Crippen MR) is 62.8 cm³/mol. The zero-order valence-corrected chi connectivity index (χ0v) is 10.6. The molecule has 0 aliphatic carbocycles. The third-order valence-electron chi connectivity index (χ3n) is 2.80. The van der Waals surface area contributed by atoms with Crippen LogP contribution in [0.1, 0.15) is 17.0 Å². The van der Waals surface area contributed by atoms with Crippen LogP contribution in [-0.2, 0) is 19.6 Å². The summed E-state index contributed by atoms with van der Waals surface area (Å²) in [5, 5.41) is 7.76. The maximum Gasteiger partial charge on any atom is 0.435 e. The molecule has 0 amide bonds. The SMILES string of the molecule is Cc1nn(C)c(-n2ccc(C(F)(F)F)n2)c1CCN. The van der Waals surface area contributed by atoms with Crippen LogP contribution in [0.5, 0.6) is 0 Å². The van der Waals surface area contributed by atoms with E-state index in [4.69, 9.17) is 5.73 Å². The number of alkyl halides is 3. The monoisotopic (exact) mass is 273 g/mol. The van der Waals surface area contributed by atoms with Crippen LogP contribution in [-0.4, -0.2) is 26.1 Å². The summed E-state index contributed by atoms with van der Waals surface area (Å²) in [5.41, 5.74) is 6.14. The fraction of sp³-hybridized carbons (Fsp3) is 0.455. The minimum Gasteiger partial charge on any atom is -0.330 e. The van der Waals surface area contributed by atoms with Crippen LogP contribution in [0.15, 0.2) is 12.3 Å².